The first-order chi connectivity index (χ1) is 8.77. The first kappa shape index (κ1) is 19.8. The van der Waals surface area contributed by atoms with Gasteiger partial charge in [-0.05, 0) is 51.9 Å². The third-order valence-electron chi connectivity index (χ3n) is 3.98. The molecule has 7 heteroatoms. The summed E-state index contributed by atoms with van der Waals surface area (Å²) in [4.78, 5) is 15.4. The van der Waals surface area contributed by atoms with E-state index in [4.69, 9.17) is 9.84 Å². The van der Waals surface area contributed by atoms with E-state index in [1.807, 2.05) is 0 Å². The summed E-state index contributed by atoms with van der Waals surface area (Å²) in [6.45, 7) is 4.58. The first-order valence-corrected chi connectivity index (χ1v) is 7.11. The van der Waals surface area contributed by atoms with Gasteiger partial charge >= 0.3 is 6.16 Å². The van der Waals surface area contributed by atoms with Crippen molar-refractivity contribution in [3.05, 3.63) is 0 Å². The summed E-state index contributed by atoms with van der Waals surface area (Å²) in [5, 5.41) is 8.70. The van der Waals surface area contributed by atoms with E-state index in [-0.39, 0.29) is 37.6 Å². The lowest BCUT2D eigenvalue weighted by Gasteiger charge is -2.42. The molecule has 0 unspecified atom stereocenters. The van der Waals surface area contributed by atoms with Gasteiger partial charge in [-0.25, -0.2) is 4.79 Å². The molecule has 2 saturated heterocycles. The van der Waals surface area contributed by atoms with Crippen LogP contribution in [0.2, 0.25) is 0 Å². The van der Waals surface area contributed by atoms with Crippen molar-refractivity contribution >= 4 is 31.0 Å². The maximum absolute atomic E-state index is 10.6. The Morgan fingerprint density at radius 1 is 0.900 bits per heavy atom. The smallest absolute Gasteiger partial charge is 0.450 e. The molecular formula is C13H26Cl2N2O3. The van der Waals surface area contributed by atoms with Gasteiger partial charge in [0.25, 0.3) is 0 Å². The Hall–Kier alpha value is -0.230. The minimum Gasteiger partial charge on any atom is -0.450 e. The Kier molecular flexibility index (Phi) is 10.4. The van der Waals surface area contributed by atoms with Gasteiger partial charge in [-0.2, -0.15) is 0 Å². The molecule has 20 heavy (non-hydrogen) atoms. The van der Waals surface area contributed by atoms with Crippen molar-refractivity contribution in [3.63, 3.8) is 0 Å². The first-order valence-electron chi connectivity index (χ1n) is 7.11. The van der Waals surface area contributed by atoms with Crippen molar-refractivity contribution in [1.82, 2.24) is 9.80 Å². The minimum absolute atomic E-state index is 0. The zero-order chi connectivity index (χ0) is 12.8. The van der Waals surface area contributed by atoms with Crippen molar-refractivity contribution in [2.45, 2.75) is 44.7 Å². The normalized spacial score (nSPS) is 20.9. The third-order valence-corrected chi connectivity index (χ3v) is 3.98. The molecule has 0 amide bonds. The molecule has 0 spiro atoms. The van der Waals surface area contributed by atoms with Gasteiger partial charge in [0.15, 0.2) is 0 Å². The molecular weight excluding hydrogens is 303 g/mol. The Labute approximate surface area is 133 Å². The van der Waals surface area contributed by atoms with Gasteiger partial charge in [-0.1, -0.05) is 12.8 Å². The maximum atomic E-state index is 10.6. The van der Waals surface area contributed by atoms with Crippen LogP contribution in [-0.2, 0) is 4.74 Å². The van der Waals surface area contributed by atoms with Gasteiger partial charge < -0.3 is 9.84 Å². The fourth-order valence-electron chi connectivity index (χ4n) is 3.02. The maximum Gasteiger partial charge on any atom is 0.505 e. The molecule has 0 saturated carbocycles. The molecule has 2 aliphatic heterocycles. The fourth-order valence-corrected chi connectivity index (χ4v) is 3.02. The second-order valence-corrected chi connectivity index (χ2v) is 5.25. The molecule has 2 heterocycles. The summed E-state index contributed by atoms with van der Waals surface area (Å²) in [7, 11) is 0. The lowest BCUT2D eigenvalue weighted by molar-refractivity contribution is -0.0306. The largest absolute Gasteiger partial charge is 0.505 e. The molecule has 2 aliphatic rings. The van der Waals surface area contributed by atoms with Crippen molar-refractivity contribution in [2.24, 2.45) is 0 Å². The van der Waals surface area contributed by atoms with Gasteiger partial charge in [-0.3, -0.25) is 9.80 Å². The van der Waals surface area contributed by atoms with E-state index < -0.39 is 6.16 Å². The zero-order valence-corrected chi connectivity index (χ0v) is 13.5. The lowest BCUT2D eigenvalue weighted by Crippen LogP contribution is -2.54. The van der Waals surface area contributed by atoms with Crippen molar-refractivity contribution in [3.8, 4) is 0 Å². The van der Waals surface area contributed by atoms with Crippen LogP contribution in [0.25, 0.3) is 0 Å². The summed E-state index contributed by atoms with van der Waals surface area (Å²) in [6, 6.07) is 0. The summed E-state index contributed by atoms with van der Waals surface area (Å²) >= 11 is 0. The number of nitrogens with zero attached hydrogens (tertiary/aromatic N) is 2. The Morgan fingerprint density at radius 2 is 1.30 bits per heavy atom. The van der Waals surface area contributed by atoms with E-state index in [0.29, 0.717) is 0 Å². The average molecular weight is 329 g/mol. The van der Waals surface area contributed by atoms with E-state index in [1.165, 1.54) is 38.5 Å². The number of carboxylic acid groups (broad SMARTS) is 1. The molecule has 2 fully saturated rings. The minimum atomic E-state index is -1.16. The van der Waals surface area contributed by atoms with Crippen LogP contribution in [0.5, 0.6) is 0 Å². The number of hydrogen-bond donors (Lipinski definition) is 1. The average Bonchev–Trinajstić information content (AvgIpc) is 2.41. The number of rotatable bonds is 4. The van der Waals surface area contributed by atoms with Gasteiger partial charge in [0.1, 0.15) is 6.61 Å². The molecule has 5 nitrogen and oxygen atoms in total. The summed E-state index contributed by atoms with van der Waals surface area (Å²) in [5.41, 5.74) is 0. The highest BCUT2D eigenvalue weighted by Crippen LogP contribution is 2.19. The number of piperidine rings is 2. The quantitative estimate of drug-likeness (QED) is 0.804. The number of likely N-dealkylation sites (tertiary alicyclic amines) is 2. The molecule has 0 atom stereocenters. The number of halogens is 2. The summed E-state index contributed by atoms with van der Waals surface area (Å²) < 4.78 is 4.84. The van der Waals surface area contributed by atoms with Crippen molar-refractivity contribution < 1.29 is 14.6 Å². The van der Waals surface area contributed by atoms with Gasteiger partial charge in [-0.15, -0.1) is 24.8 Å². The molecule has 0 aromatic rings. The highest BCUT2D eigenvalue weighted by molar-refractivity contribution is 5.85. The third kappa shape index (κ3) is 6.04. The van der Waals surface area contributed by atoms with Crippen LogP contribution in [-0.4, -0.2) is 60.0 Å². The summed E-state index contributed by atoms with van der Waals surface area (Å²) in [5.74, 6) is 0. The van der Waals surface area contributed by atoms with E-state index in [2.05, 4.69) is 9.80 Å². The Balaban J connectivity index is 0.00000180. The number of carbonyl (C=O) groups is 1. The SMILES string of the molecule is Cl.Cl.O=C(O)OCC(N1CCCCC1)N1CCCCC1. The molecule has 120 valence electrons. The molecule has 0 aliphatic carbocycles. The van der Waals surface area contributed by atoms with E-state index >= 15 is 0 Å². The molecule has 0 radical (unpaired) electrons. The topological polar surface area (TPSA) is 53.0 Å². The molecule has 0 aromatic carbocycles. The van der Waals surface area contributed by atoms with Gasteiger partial charge in [0, 0.05) is 0 Å². The van der Waals surface area contributed by atoms with Crippen LogP contribution < -0.4 is 0 Å². The van der Waals surface area contributed by atoms with Crippen molar-refractivity contribution in [2.75, 3.05) is 32.8 Å². The predicted octanol–water partition coefficient (Wildman–Crippen LogP) is 2.82. The highest BCUT2D eigenvalue weighted by atomic mass is 35.5. The predicted molar refractivity (Wildman–Crippen MR) is 83.1 cm³/mol. The second kappa shape index (κ2) is 10.5. The molecule has 0 bridgehead atoms. The van der Waals surface area contributed by atoms with E-state index in [9.17, 15) is 4.79 Å². The summed E-state index contributed by atoms with van der Waals surface area (Å²) in [6.07, 6.45) is 6.46. The standard InChI is InChI=1S/C13H24N2O3.2ClH/c16-13(17)18-11-12(14-7-3-1-4-8-14)15-9-5-2-6-10-15;;/h12H,1-11H2,(H,16,17);2*1H. The zero-order valence-electron chi connectivity index (χ0n) is 11.8. The Morgan fingerprint density at radius 3 is 1.65 bits per heavy atom. The van der Waals surface area contributed by atoms with Crippen LogP contribution in [0.1, 0.15) is 38.5 Å². The second-order valence-electron chi connectivity index (χ2n) is 5.25. The van der Waals surface area contributed by atoms with Gasteiger partial charge in [0.2, 0.25) is 0 Å². The molecule has 1 N–H and O–H groups in total. The van der Waals surface area contributed by atoms with E-state index in [1.54, 1.807) is 0 Å². The van der Waals surface area contributed by atoms with Gasteiger partial charge in [0.05, 0.1) is 6.17 Å². The Bertz CT molecular complexity index is 252. The van der Waals surface area contributed by atoms with Crippen LogP contribution in [0.3, 0.4) is 0 Å². The highest BCUT2D eigenvalue weighted by Gasteiger charge is 2.28. The van der Waals surface area contributed by atoms with Crippen LogP contribution in [0, 0.1) is 0 Å². The molecule has 0 aromatic heterocycles. The molecule has 2 rings (SSSR count). The number of ether oxygens (including phenoxy) is 1. The van der Waals surface area contributed by atoms with Crippen molar-refractivity contribution in [1.29, 1.82) is 0 Å². The van der Waals surface area contributed by atoms with Crippen LogP contribution in [0.4, 0.5) is 4.79 Å². The fraction of sp³-hybridized carbons (Fsp3) is 0.923. The number of hydrogen-bond acceptors (Lipinski definition) is 4. The van der Waals surface area contributed by atoms with Crippen LogP contribution in [0.15, 0.2) is 0 Å². The van der Waals surface area contributed by atoms with E-state index in [0.717, 1.165) is 26.2 Å². The monoisotopic (exact) mass is 328 g/mol. The lowest BCUT2D eigenvalue weighted by atomic mass is 10.1. The van der Waals surface area contributed by atoms with Crippen LogP contribution >= 0.6 is 24.8 Å².